The number of rotatable bonds is 17. The van der Waals surface area contributed by atoms with Crippen LogP contribution in [0, 0.1) is 5.92 Å². The third kappa shape index (κ3) is 12.5. The Labute approximate surface area is 207 Å². The molecule has 0 aromatic carbocycles. The molecule has 0 bridgehead atoms. The molecule has 5 unspecified atom stereocenters. The smallest absolute Gasteiger partial charge is 0.326 e. The van der Waals surface area contributed by atoms with Gasteiger partial charge in [0, 0.05) is 6.54 Å². The molecule has 0 fully saturated rings. The van der Waals surface area contributed by atoms with E-state index in [4.69, 9.17) is 28.0 Å². The number of carboxylic acid groups (broad SMARTS) is 2. The fourth-order valence-corrected chi connectivity index (χ4v) is 2.95. The van der Waals surface area contributed by atoms with E-state index in [2.05, 4.69) is 20.9 Å². The molecule has 0 radical (unpaired) electrons. The molecule has 0 heterocycles. The summed E-state index contributed by atoms with van der Waals surface area (Å²) < 4.78 is 0. The number of carbonyl (C=O) groups excluding carboxylic acids is 4. The molecule has 0 saturated heterocycles. The second-order valence-electron chi connectivity index (χ2n) is 8.16. The predicted octanol–water partition coefficient (Wildman–Crippen LogP) is -3.70. The average molecular weight is 517 g/mol. The van der Waals surface area contributed by atoms with Crippen LogP contribution in [0.5, 0.6) is 0 Å². The van der Waals surface area contributed by atoms with Crippen molar-refractivity contribution >= 4 is 41.5 Å². The Morgan fingerprint density at radius 3 is 1.92 bits per heavy atom. The van der Waals surface area contributed by atoms with Crippen molar-refractivity contribution < 1.29 is 39.0 Å². The first-order chi connectivity index (χ1) is 16.7. The van der Waals surface area contributed by atoms with E-state index >= 15 is 0 Å². The van der Waals surface area contributed by atoms with Gasteiger partial charge in [-0.3, -0.25) is 29.0 Å². The van der Waals surface area contributed by atoms with Crippen LogP contribution < -0.4 is 38.9 Å². The molecule has 0 aliphatic carbocycles. The first-order valence-electron chi connectivity index (χ1n) is 11.1. The van der Waals surface area contributed by atoms with E-state index < -0.39 is 78.5 Å². The Balaban J connectivity index is 5.69. The predicted molar refractivity (Wildman–Crippen MR) is 127 cm³/mol. The zero-order valence-corrected chi connectivity index (χ0v) is 20.2. The number of primary amides is 1. The maximum atomic E-state index is 13.0. The normalized spacial score (nSPS) is 14.8. The van der Waals surface area contributed by atoms with E-state index in [1.165, 1.54) is 0 Å². The molecule has 36 heavy (non-hydrogen) atoms. The number of hydrogen-bond donors (Lipinski definition) is 9. The number of nitrogens with one attached hydrogen (secondary N) is 3. The Morgan fingerprint density at radius 2 is 1.44 bits per heavy atom. The van der Waals surface area contributed by atoms with E-state index in [1.807, 2.05) is 0 Å². The lowest BCUT2D eigenvalue weighted by atomic mass is 9.97. The molecule has 0 rings (SSSR count). The number of nitrogens with zero attached hydrogens (tertiary/aromatic N) is 1. The van der Waals surface area contributed by atoms with Gasteiger partial charge < -0.3 is 49.1 Å². The summed E-state index contributed by atoms with van der Waals surface area (Å²) in [5, 5.41) is 25.1. The molecule has 0 saturated carbocycles. The Bertz CT molecular complexity index is 846. The lowest BCUT2D eigenvalue weighted by Crippen LogP contribution is -2.59. The first kappa shape index (κ1) is 32.0. The summed E-state index contributed by atoms with van der Waals surface area (Å²) in [4.78, 5) is 75.4. The molecule has 0 spiro atoms. The third-order valence-electron chi connectivity index (χ3n) is 5.12. The topological polar surface area (TPSA) is 295 Å². The second kappa shape index (κ2) is 15.9. The van der Waals surface area contributed by atoms with E-state index in [9.17, 15) is 33.9 Å². The molecule has 204 valence electrons. The van der Waals surface area contributed by atoms with Gasteiger partial charge in [-0.15, -0.1) is 0 Å². The average Bonchev–Trinajstić information content (AvgIpc) is 2.76. The van der Waals surface area contributed by atoms with E-state index in [-0.39, 0.29) is 25.3 Å². The number of aliphatic carboxylic acids is 2. The summed E-state index contributed by atoms with van der Waals surface area (Å²) in [7, 11) is 0. The molecule has 16 nitrogen and oxygen atoms in total. The van der Waals surface area contributed by atoms with Gasteiger partial charge in [0.2, 0.25) is 23.6 Å². The summed E-state index contributed by atoms with van der Waals surface area (Å²) >= 11 is 0. The fourth-order valence-electron chi connectivity index (χ4n) is 2.95. The summed E-state index contributed by atoms with van der Waals surface area (Å²) in [6, 6.07) is -5.52. The van der Waals surface area contributed by atoms with Gasteiger partial charge >= 0.3 is 11.9 Å². The zero-order chi connectivity index (χ0) is 28.0. The largest absolute Gasteiger partial charge is 0.481 e. The highest BCUT2D eigenvalue weighted by molar-refractivity contribution is 5.95. The van der Waals surface area contributed by atoms with Gasteiger partial charge in [-0.2, -0.15) is 0 Å². The van der Waals surface area contributed by atoms with Crippen LogP contribution in [0.15, 0.2) is 4.99 Å². The summed E-state index contributed by atoms with van der Waals surface area (Å²) in [5.74, 6) is -7.01. The number of nitrogens with two attached hydrogens (primary N) is 4. The van der Waals surface area contributed by atoms with Crippen LogP contribution in [0.25, 0.3) is 0 Å². The number of carboxylic acids is 2. The highest BCUT2D eigenvalue weighted by Crippen LogP contribution is 2.11. The molecule has 0 aromatic rings. The minimum atomic E-state index is -1.61. The molecule has 0 aromatic heterocycles. The molecular weight excluding hydrogens is 480 g/mol. The van der Waals surface area contributed by atoms with Crippen LogP contribution >= 0.6 is 0 Å². The lowest BCUT2D eigenvalue weighted by Gasteiger charge is -2.28. The summed E-state index contributed by atoms with van der Waals surface area (Å²) in [6.45, 7) is 3.48. The highest BCUT2D eigenvalue weighted by atomic mass is 16.4. The zero-order valence-electron chi connectivity index (χ0n) is 20.2. The molecule has 4 amide bonds. The van der Waals surface area contributed by atoms with E-state index in [1.54, 1.807) is 13.8 Å². The van der Waals surface area contributed by atoms with Crippen molar-refractivity contribution in [3.63, 3.8) is 0 Å². The maximum absolute atomic E-state index is 13.0. The van der Waals surface area contributed by atoms with Crippen molar-refractivity contribution in [1.82, 2.24) is 16.0 Å². The third-order valence-corrected chi connectivity index (χ3v) is 5.12. The minimum absolute atomic E-state index is 0.00240. The van der Waals surface area contributed by atoms with Gasteiger partial charge in [-0.25, -0.2) is 4.79 Å². The van der Waals surface area contributed by atoms with Crippen LogP contribution in [0.2, 0.25) is 0 Å². The van der Waals surface area contributed by atoms with E-state index in [0.29, 0.717) is 6.42 Å². The van der Waals surface area contributed by atoms with Gasteiger partial charge in [0.15, 0.2) is 5.96 Å². The fraction of sp³-hybridized carbons (Fsp3) is 0.650. The number of guanidine groups is 1. The monoisotopic (exact) mass is 516 g/mol. The van der Waals surface area contributed by atoms with Crippen molar-refractivity contribution in [3.05, 3.63) is 0 Å². The Morgan fingerprint density at radius 1 is 0.861 bits per heavy atom. The van der Waals surface area contributed by atoms with Crippen LogP contribution in [0.3, 0.4) is 0 Å². The standard InChI is InChI=1S/C20H36N8O8/c1-3-9(2)15(18(34)27-12(19(35)36)8-13(22)29)28-17(33)11(5-4-6-25-20(23)24)26-16(32)10(21)7-14(30)31/h9-12,15H,3-8,21H2,1-2H3,(H2,22,29)(H,26,32)(H,27,34)(H,28,33)(H,30,31)(H,35,36)(H4,23,24,25). The van der Waals surface area contributed by atoms with Crippen molar-refractivity contribution in [3.8, 4) is 0 Å². The summed E-state index contributed by atoms with van der Waals surface area (Å²) in [5.41, 5.74) is 21.1. The second-order valence-corrected chi connectivity index (χ2v) is 8.16. The van der Waals surface area contributed by atoms with Crippen LogP contribution in [-0.4, -0.2) is 82.5 Å². The van der Waals surface area contributed by atoms with Crippen molar-refractivity contribution in [2.45, 2.75) is 70.1 Å². The number of aliphatic imine (C=N–C) groups is 1. The van der Waals surface area contributed by atoms with Crippen molar-refractivity contribution in [2.24, 2.45) is 33.8 Å². The van der Waals surface area contributed by atoms with Gasteiger partial charge in [0.25, 0.3) is 0 Å². The van der Waals surface area contributed by atoms with Crippen molar-refractivity contribution in [2.75, 3.05) is 6.54 Å². The lowest BCUT2D eigenvalue weighted by molar-refractivity contribution is -0.144. The SMILES string of the molecule is CCC(C)C(NC(=O)C(CCCN=C(N)N)NC(=O)C(N)CC(=O)O)C(=O)NC(CC(N)=O)C(=O)O. The molecule has 16 heteroatoms. The van der Waals surface area contributed by atoms with Crippen molar-refractivity contribution in [1.29, 1.82) is 0 Å². The summed E-state index contributed by atoms with van der Waals surface area (Å²) in [6.07, 6.45) is -0.709. The minimum Gasteiger partial charge on any atom is -0.481 e. The quantitative estimate of drug-likeness (QED) is 0.0514. The molecular formula is C20H36N8O8. The van der Waals surface area contributed by atoms with Gasteiger partial charge in [0.05, 0.1) is 18.9 Å². The van der Waals surface area contributed by atoms with Crippen LogP contribution in [0.1, 0.15) is 46.0 Å². The number of hydrogen-bond acceptors (Lipinski definition) is 8. The van der Waals surface area contributed by atoms with Gasteiger partial charge in [0.1, 0.15) is 18.1 Å². The molecule has 5 atom stereocenters. The highest BCUT2D eigenvalue weighted by Gasteiger charge is 2.33. The Kier molecular flexibility index (Phi) is 14.1. The number of carbonyl (C=O) groups is 6. The van der Waals surface area contributed by atoms with Crippen LogP contribution in [0.4, 0.5) is 0 Å². The van der Waals surface area contributed by atoms with Crippen LogP contribution in [-0.2, 0) is 28.8 Å². The van der Waals surface area contributed by atoms with E-state index in [0.717, 1.165) is 0 Å². The van der Waals surface area contributed by atoms with Gasteiger partial charge in [-0.1, -0.05) is 20.3 Å². The first-order valence-corrected chi connectivity index (χ1v) is 11.1. The molecule has 13 N–H and O–H groups in total. The Hall–Kier alpha value is -3.95. The molecule has 0 aliphatic rings. The maximum Gasteiger partial charge on any atom is 0.326 e. The van der Waals surface area contributed by atoms with Gasteiger partial charge in [-0.05, 0) is 18.8 Å². The molecule has 0 aliphatic heterocycles. The number of amides is 4.